The highest BCUT2D eigenvalue weighted by Crippen LogP contribution is 2.29. The van der Waals surface area contributed by atoms with E-state index in [1.165, 1.54) is 0 Å². The van der Waals surface area contributed by atoms with Crippen LogP contribution < -0.4 is 20.1 Å². The maximum absolute atomic E-state index is 12.5. The first-order chi connectivity index (χ1) is 11.0. The van der Waals surface area contributed by atoms with Gasteiger partial charge in [-0.2, -0.15) is 0 Å². The zero-order valence-electron chi connectivity index (χ0n) is 14.3. The van der Waals surface area contributed by atoms with Gasteiger partial charge >= 0.3 is 0 Å². The molecular weight excluding hydrogens is 296 g/mol. The Morgan fingerprint density at radius 3 is 2.39 bits per heavy atom. The van der Waals surface area contributed by atoms with Crippen molar-refractivity contribution in [3.8, 4) is 11.5 Å². The van der Waals surface area contributed by atoms with E-state index in [1.807, 2.05) is 6.92 Å². The Morgan fingerprint density at radius 1 is 1.26 bits per heavy atom. The van der Waals surface area contributed by atoms with Crippen LogP contribution in [0.4, 0.5) is 0 Å². The molecule has 0 saturated carbocycles. The molecular formula is C17H26N2O4. The lowest BCUT2D eigenvalue weighted by atomic mass is 9.98. The van der Waals surface area contributed by atoms with E-state index >= 15 is 0 Å². The molecule has 1 fully saturated rings. The van der Waals surface area contributed by atoms with Gasteiger partial charge in [0.2, 0.25) is 0 Å². The van der Waals surface area contributed by atoms with Crippen molar-refractivity contribution >= 4 is 5.91 Å². The van der Waals surface area contributed by atoms with Crippen LogP contribution in [0.3, 0.4) is 0 Å². The molecule has 0 spiro atoms. The fourth-order valence-electron chi connectivity index (χ4n) is 3.04. The number of carbonyl (C=O) groups is 1. The summed E-state index contributed by atoms with van der Waals surface area (Å²) in [6.07, 6.45) is 2.08. The summed E-state index contributed by atoms with van der Waals surface area (Å²) in [5.74, 6) is 1.13. The Bertz CT molecular complexity index is 529. The normalized spacial score (nSPS) is 20.3. The van der Waals surface area contributed by atoms with Crippen LogP contribution in [0.5, 0.6) is 11.5 Å². The van der Waals surface area contributed by atoms with Gasteiger partial charge in [0.05, 0.1) is 26.4 Å². The molecule has 6 nitrogen and oxygen atoms in total. The molecule has 0 bridgehead atoms. The number of carbonyl (C=O) groups excluding carboxylic acids is 1. The molecule has 23 heavy (non-hydrogen) atoms. The molecule has 0 aromatic heterocycles. The van der Waals surface area contributed by atoms with Crippen LogP contribution in [0.1, 0.15) is 28.8 Å². The molecule has 0 aliphatic carbocycles. The van der Waals surface area contributed by atoms with Crippen molar-refractivity contribution in [3.63, 3.8) is 0 Å². The summed E-state index contributed by atoms with van der Waals surface area (Å²) in [7, 11) is 4.85. The lowest BCUT2D eigenvalue weighted by Gasteiger charge is -2.29. The Labute approximate surface area is 137 Å². The Balaban J connectivity index is 2.11. The molecule has 1 saturated heterocycles. The Morgan fingerprint density at radius 2 is 1.91 bits per heavy atom. The molecule has 1 aliphatic rings. The SMILES string of the molecule is COCC1(CNC(=O)c2cc(OC)c(C)c(OC)c2)CCCN1. The topological polar surface area (TPSA) is 68.8 Å². The average Bonchev–Trinajstić information content (AvgIpc) is 3.02. The number of methoxy groups -OCH3 is 3. The summed E-state index contributed by atoms with van der Waals surface area (Å²) < 4.78 is 15.9. The van der Waals surface area contributed by atoms with E-state index in [-0.39, 0.29) is 11.4 Å². The first kappa shape index (κ1) is 17.6. The third kappa shape index (κ3) is 3.95. The van der Waals surface area contributed by atoms with Crippen LogP contribution in [-0.2, 0) is 4.74 Å². The fraction of sp³-hybridized carbons (Fsp3) is 0.588. The molecule has 128 valence electrons. The molecule has 1 unspecified atom stereocenters. The van der Waals surface area contributed by atoms with E-state index in [9.17, 15) is 4.79 Å². The lowest BCUT2D eigenvalue weighted by molar-refractivity contribution is 0.0891. The highest BCUT2D eigenvalue weighted by molar-refractivity contribution is 5.95. The number of amides is 1. The van der Waals surface area contributed by atoms with E-state index < -0.39 is 0 Å². The highest BCUT2D eigenvalue weighted by atomic mass is 16.5. The number of hydrogen-bond acceptors (Lipinski definition) is 5. The molecule has 2 rings (SSSR count). The van der Waals surface area contributed by atoms with Crippen LogP contribution in [0, 0.1) is 6.92 Å². The quantitative estimate of drug-likeness (QED) is 0.796. The van der Waals surface area contributed by atoms with Crippen molar-refractivity contribution in [2.45, 2.75) is 25.3 Å². The van der Waals surface area contributed by atoms with Gasteiger partial charge in [-0.05, 0) is 38.4 Å². The van der Waals surface area contributed by atoms with Gasteiger partial charge in [0.1, 0.15) is 11.5 Å². The number of benzene rings is 1. The zero-order valence-corrected chi connectivity index (χ0v) is 14.3. The van der Waals surface area contributed by atoms with E-state index in [0.717, 1.165) is 24.9 Å². The summed E-state index contributed by atoms with van der Waals surface area (Å²) in [4.78, 5) is 12.5. The molecule has 0 radical (unpaired) electrons. The summed E-state index contributed by atoms with van der Waals surface area (Å²) in [6, 6.07) is 3.47. The molecule has 1 heterocycles. The number of nitrogens with one attached hydrogen (secondary N) is 2. The maximum atomic E-state index is 12.5. The van der Waals surface area contributed by atoms with E-state index in [4.69, 9.17) is 14.2 Å². The van der Waals surface area contributed by atoms with Gasteiger partial charge in [0.25, 0.3) is 5.91 Å². The van der Waals surface area contributed by atoms with Gasteiger partial charge in [0.15, 0.2) is 0 Å². The highest BCUT2D eigenvalue weighted by Gasteiger charge is 2.33. The minimum Gasteiger partial charge on any atom is -0.496 e. The van der Waals surface area contributed by atoms with Crippen LogP contribution >= 0.6 is 0 Å². The van der Waals surface area contributed by atoms with Crippen LogP contribution in [-0.4, -0.2) is 52.5 Å². The Hall–Kier alpha value is -1.79. The molecule has 2 N–H and O–H groups in total. The summed E-state index contributed by atoms with van der Waals surface area (Å²) in [5.41, 5.74) is 1.22. The van der Waals surface area contributed by atoms with E-state index in [1.54, 1.807) is 33.5 Å². The van der Waals surface area contributed by atoms with Gasteiger partial charge in [-0.25, -0.2) is 0 Å². The largest absolute Gasteiger partial charge is 0.496 e. The van der Waals surface area contributed by atoms with Crippen molar-refractivity contribution in [1.82, 2.24) is 10.6 Å². The number of ether oxygens (including phenoxy) is 3. The van der Waals surface area contributed by atoms with E-state index in [0.29, 0.717) is 30.2 Å². The Kier molecular flexibility index (Phi) is 5.85. The molecule has 1 amide bonds. The van der Waals surface area contributed by atoms with Crippen molar-refractivity contribution in [2.24, 2.45) is 0 Å². The van der Waals surface area contributed by atoms with Gasteiger partial charge in [-0.1, -0.05) is 0 Å². The maximum Gasteiger partial charge on any atom is 0.251 e. The second kappa shape index (κ2) is 7.66. The molecule has 1 aromatic rings. The first-order valence-electron chi connectivity index (χ1n) is 7.80. The predicted molar refractivity (Wildman–Crippen MR) is 88.5 cm³/mol. The van der Waals surface area contributed by atoms with Crippen molar-refractivity contribution < 1.29 is 19.0 Å². The average molecular weight is 322 g/mol. The van der Waals surface area contributed by atoms with Crippen LogP contribution in [0.2, 0.25) is 0 Å². The predicted octanol–water partition coefficient (Wildman–Crippen LogP) is 1.51. The second-order valence-electron chi connectivity index (χ2n) is 5.93. The first-order valence-corrected chi connectivity index (χ1v) is 7.80. The van der Waals surface area contributed by atoms with Crippen molar-refractivity contribution in [1.29, 1.82) is 0 Å². The fourth-order valence-corrected chi connectivity index (χ4v) is 3.04. The van der Waals surface area contributed by atoms with Crippen molar-refractivity contribution in [2.75, 3.05) is 41.0 Å². The standard InChI is InChI=1S/C17H26N2O4/c1-12-14(22-3)8-13(9-15(12)23-4)16(20)18-10-17(11-21-2)6-5-7-19-17/h8-9,19H,5-7,10-11H2,1-4H3,(H,18,20). The van der Waals surface area contributed by atoms with Crippen LogP contribution in [0.25, 0.3) is 0 Å². The van der Waals surface area contributed by atoms with Gasteiger partial charge in [-0.3, -0.25) is 4.79 Å². The van der Waals surface area contributed by atoms with E-state index in [2.05, 4.69) is 10.6 Å². The summed E-state index contributed by atoms with van der Waals surface area (Å²) in [6.45, 7) is 3.95. The molecule has 1 atom stereocenters. The lowest BCUT2D eigenvalue weighted by Crippen LogP contribution is -2.53. The number of rotatable bonds is 7. The summed E-state index contributed by atoms with van der Waals surface area (Å²) >= 11 is 0. The third-order valence-corrected chi connectivity index (χ3v) is 4.35. The monoisotopic (exact) mass is 322 g/mol. The minimum absolute atomic E-state index is 0.147. The number of hydrogen-bond donors (Lipinski definition) is 2. The van der Waals surface area contributed by atoms with Gasteiger partial charge in [-0.15, -0.1) is 0 Å². The van der Waals surface area contributed by atoms with Crippen molar-refractivity contribution in [3.05, 3.63) is 23.3 Å². The molecule has 6 heteroatoms. The molecule has 1 aliphatic heterocycles. The van der Waals surface area contributed by atoms with Gasteiger partial charge in [0, 0.05) is 24.8 Å². The zero-order chi connectivity index (χ0) is 16.9. The second-order valence-corrected chi connectivity index (χ2v) is 5.93. The third-order valence-electron chi connectivity index (χ3n) is 4.35. The smallest absolute Gasteiger partial charge is 0.251 e. The van der Waals surface area contributed by atoms with Gasteiger partial charge < -0.3 is 24.8 Å². The molecule has 1 aromatic carbocycles. The van der Waals surface area contributed by atoms with Crippen LogP contribution in [0.15, 0.2) is 12.1 Å². The summed E-state index contributed by atoms with van der Waals surface area (Å²) in [5, 5.41) is 6.44. The minimum atomic E-state index is -0.177.